The number of hydrogen-bond acceptors (Lipinski definition) is 2. The van der Waals surface area contributed by atoms with E-state index in [0.717, 1.165) is 18.8 Å². The average Bonchev–Trinajstić information content (AvgIpc) is 2.16. The molecule has 0 aromatic heterocycles. The molecule has 1 saturated carbocycles. The summed E-state index contributed by atoms with van der Waals surface area (Å²) in [5.74, 6) is 1.26. The number of allylic oxidation sites excluding steroid dienone is 2. The summed E-state index contributed by atoms with van der Waals surface area (Å²) in [6.45, 7) is 4.11. The lowest BCUT2D eigenvalue weighted by molar-refractivity contribution is -0.428. The summed E-state index contributed by atoms with van der Waals surface area (Å²) >= 11 is 0. The molecule has 0 amide bonds. The Kier molecular flexibility index (Phi) is 4.11. The van der Waals surface area contributed by atoms with Crippen molar-refractivity contribution in [2.45, 2.75) is 46.0 Å². The van der Waals surface area contributed by atoms with Gasteiger partial charge in [0.25, 0.3) is 0 Å². The van der Waals surface area contributed by atoms with Gasteiger partial charge in [-0.2, -0.15) is 0 Å². The van der Waals surface area contributed by atoms with Crippen molar-refractivity contribution in [1.29, 1.82) is 0 Å². The number of nitrogens with zero attached hydrogens (tertiary/aromatic N) is 1. The molecule has 0 bridgehead atoms. The minimum atomic E-state index is -0.238. The van der Waals surface area contributed by atoms with Gasteiger partial charge in [-0.05, 0) is 30.8 Å². The first-order valence-corrected chi connectivity index (χ1v) is 5.48. The molecule has 3 nitrogen and oxygen atoms in total. The number of nitro groups is 1. The van der Waals surface area contributed by atoms with Crippen LogP contribution in [0, 0.1) is 22.0 Å². The normalized spacial score (nSPS) is 28.9. The van der Waals surface area contributed by atoms with Gasteiger partial charge >= 0.3 is 0 Å². The lowest BCUT2D eigenvalue weighted by Crippen LogP contribution is -2.12. The molecular weight excluding hydrogens is 178 g/mol. The summed E-state index contributed by atoms with van der Waals surface area (Å²) in [5, 5.41) is 10.6. The summed E-state index contributed by atoms with van der Waals surface area (Å²) in [5.41, 5.74) is 0.393. The zero-order valence-corrected chi connectivity index (χ0v) is 9.03. The number of rotatable bonds is 3. The predicted octanol–water partition coefficient (Wildman–Crippen LogP) is 3.38. The lowest BCUT2D eigenvalue weighted by Gasteiger charge is -2.23. The lowest BCUT2D eigenvalue weighted by atomic mass is 9.82. The maximum Gasteiger partial charge on any atom is 0.242 e. The number of hydrogen-bond donors (Lipinski definition) is 0. The maximum absolute atomic E-state index is 10.6. The van der Waals surface area contributed by atoms with Crippen molar-refractivity contribution in [2.75, 3.05) is 0 Å². The highest BCUT2D eigenvalue weighted by Gasteiger charge is 2.19. The second-order valence-electron chi connectivity index (χ2n) is 4.29. The van der Waals surface area contributed by atoms with Crippen LogP contribution in [0.15, 0.2) is 11.8 Å². The zero-order chi connectivity index (χ0) is 10.6. The molecule has 0 saturated heterocycles. The molecule has 14 heavy (non-hydrogen) atoms. The van der Waals surface area contributed by atoms with Gasteiger partial charge in [0.15, 0.2) is 0 Å². The Bertz CT molecular complexity index is 227. The maximum atomic E-state index is 10.6. The fraction of sp³-hybridized carbons (Fsp3) is 0.818. The quantitative estimate of drug-likeness (QED) is 0.514. The van der Waals surface area contributed by atoms with E-state index in [0.29, 0.717) is 18.0 Å². The van der Waals surface area contributed by atoms with Gasteiger partial charge in [-0.1, -0.05) is 26.7 Å². The van der Waals surface area contributed by atoms with Gasteiger partial charge in [-0.15, -0.1) is 0 Å². The third-order valence-electron chi connectivity index (χ3n) is 3.09. The van der Waals surface area contributed by atoms with Crippen molar-refractivity contribution < 1.29 is 4.92 Å². The summed E-state index contributed by atoms with van der Waals surface area (Å²) in [6, 6.07) is 0. The third-order valence-corrected chi connectivity index (χ3v) is 3.09. The van der Waals surface area contributed by atoms with E-state index >= 15 is 0 Å². The van der Waals surface area contributed by atoms with E-state index in [2.05, 4.69) is 6.92 Å². The molecule has 80 valence electrons. The topological polar surface area (TPSA) is 43.1 Å². The summed E-state index contributed by atoms with van der Waals surface area (Å²) in [6.07, 6.45) is 7.10. The van der Waals surface area contributed by atoms with Crippen LogP contribution >= 0.6 is 0 Å². The smallest absolute Gasteiger partial charge is 0.242 e. The van der Waals surface area contributed by atoms with Crippen LogP contribution in [-0.4, -0.2) is 4.92 Å². The Labute approximate surface area is 85.3 Å². The first kappa shape index (κ1) is 11.2. The van der Waals surface area contributed by atoms with Crippen LogP contribution in [0.25, 0.3) is 0 Å². The second-order valence-corrected chi connectivity index (χ2v) is 4.29. The highest BCUT2D eigenvalue weighted by molar-refractivity contribution is 4.96. The van der Waals surface area contributed by atoms with E-state index in [1.54, 1.807) is 0 Å². The van der Waals surface area contributed by atoms with Crippen molar-refractivity contribution in [1.82, 2.24) is 0 Å². The summed E-state index contributed by atoms with van der Waals surface area (Å²) in [7, 11) is 0. The highest BCUT2D eigenvalue weighted by atomic mass is 16.6. The largest absolute Gasteiger partial charge is 0.259 e. The van der Waals surface area contributed by atoms with Gasteiger partial charge in [0.1, 0.15) is 0 Å². The van der Waals surface area contributed by atoms with Crippen LogP contribution in [0.3, 0.4) is 0 Å². The van der Waals surface area contributed by atoms with Crippen LogP contribution < -0.4 is 0 Å². The highest BCUT2D eigenvalue weighted by Crippen LogP contribution is 2.30. The molecule has 3 heteroatoms. The van der Waals surface area contributed by atoms with Gasteiger partial charge in [-0.3, -0.25) is 10.1 Å². The minimum absolute atomic E-state index is 0.238. The Balaban J connectivity index is 2.53. The Hall–Kier alpha value is -0.860. The van der Waals surface area contributed by atoms with Crippen molar-refractivity contribution >= 4 is 0 Å². The molecule has 1 fully saturated rings. The Morgan fingerprint density at radius 3 is 2.43 bits per heavy atom. The summed E-state index contributed by atoms with van der Waals surface area (Å²) < 4.78 is 0. The molecule has 1 aliphatic rings. The Morgan fingerprint density at radius 1 is 1.43 bits per heavy atom. The van der Waals surface area contributed by atoms with Crippen LogP contribution in [0.4, 0.5) is 0 Å². The molecule has 0 atom stereocenters. The first-order valence-electron chi connectivity index (χ1n) is 5.48. The molecule has 1 aliphatic carbocycles. The van der Waals surface area contributed by atoms with Gasteiger partial charge in [-0.25, -0.2) is 0 Å². The van der Waals surface area contributed by atoms with Crippen molar-refractivity contribution in [3.63, 3.8) is 0 Å². The molecule has 0 N–H and O–H groups in total. The van der Waals surface area contributed by atoms with Gasteiger partial charge < -0.3 is 0 Å². The molecule has 0 radical (unpaired) electrons. The van der Waals surface area contributed by atoms with E-state index in [1.807, 2.05) is 13.0 Å². The third kappa shape index (κ3) is 3.13. The van der Waals surface area contributed by atoms with Gasteiger partial charge in [0.2, 0.25) is 5.70 Å². The van der Waals surface area contributed by atoms with Gasteiger partial charge in [0, 0.05) is 6.42 Å². The van der Waals surface area contributed by atoms with Crippen LogP contribution in [0.5, 0.6) is 0 Å². The van der Waals surface area contributed by atoms with E-state index in [-0.39, 0.29) is 4.92 Å². The molecule has 0 aromatic rings. The fourth-order valence-corrected chi connectivity index (χ4v) is 2.03. The monoisotopic (exact) mass is 197 g/mol. The predicted molar refractivity (Wildman–Crippen MR) is 56.5 cm³/mol. The second kappa shape index (κ2) is 5.13. The Morgan fingerprint density at radius 2 is 2.00 bits per heavy atom. The van der Waals surface area contributed by atoms with Crippen molar-refractivity contribution in [3.05, 3.63) is 21.9 Å². The zero-order valence-electron chi connectivity index (χ0n) is 9.03. The first-order chi connectivity index (χ1) is 6.63. The average molecular weight is 197 g/mol. The molecule has 0 heterocycles. The minimum Gasteiger partial charge on any atom is -0.259 e. The SMILES string of the molecule is CCC(=CC1CCC(C)CC1)[N+](=O)[O-]. The van der Waals surface area contributed by atoms with Gasteiger partial charge in [0.05, 0.1) is 4.92 Å². The van der Waals surface area contributed by atoms with E-state index in [4.69, 9.17) is 0 Å². The molecule has 0 spiro atoms. The molecule has 0 aliphatic heterocycles. The van der Waals surface area contributed by atoms with Crippen molar-refractivity contribution in [3.8, 4) is 0 Å². The van der Waals surface area contributed by atoms with E-state index < -0.39 is 0 Å². The molecule has 0 aromatic carbocycles. The fourth-order valence-electron chi connectivity index (χ4n) is 2.03. The molecule has 1 rings (SSSR count). The molecular formula is C11H19NO2. The molecule has 0 unspecified atom stereocenters. The van der Waals surface area contributed by atoms with E-state index in [1.165, 1.54) is 12.8 Å². The van der Waals surface area contributed by atoms with Crippen LogP contribution in [0.2, 0.25) is 0 Å². The van der Waals surface area contributed by atoms with Crippen molar-refractivity contribution in [2.24, 2.45) is 11.8 Å². The van der Waals surface area contributed by atoms with Crippen LogP contribution in [0.1, 0.15) is 46.0 Å². The van der Waals surface area contributed by atoms with Crippen LogP contribution in [-0.2, 0) is 0 Å². The summed E-state index contributed by atoms with van der Waals surface area (Å²) in [4.78, 5) is 10.4. The standard InChI is InChI=1S/C11H19NO2/c1-3-11(12(13)14)8-10-6-4-9(2)5-7-10/h8-10H,3-7H2,1-2H3. The van der Waals surface area contributed by atoms with E-state index in [9.17, 15) is 10.1 Å².